The van der Waals surface area contributed by atoms with Crippen LogP contribution in [0.15, 0.2) is 60.9 Å². The van der Waals surface area contributed by atoms with E-state index in [0.29, 0.717) is 11.4 Å². The molecule has 2 N–H and O–H groups in total. The molecule has 28 heavy (non-hydrogen) atoms. The van der Waals surface area contributed by atoms with Crippen LogP contribution in [0.4, 0.5) is 20.2 Å². The number of hydrogen-bond donors (Lipinski definition) is 2. The van der Waals surface area contributed by atoms with Gasteiger partial charge in [0.15, 0.2) is 0 Å². The van der Waals surface area contributed by atoms with Gasteiger partial charge in [0.2, 0.25) is 0 Å². The van der Waals surface area contributed by atoms with E-state index in [1.54, 1.807) is 24.3 Å². The number of aromatic nitrogens is 1. The minimum Gasteiger partial charge on any atom is -0.495 e. The second kappa shape index (κ2) is 8.26. The largest absolute Gasteiger partial charge is 0.495 e. The molecule has 3 rings (SSSR count). The Morgan fingerprint density at radius 3 is 2.14 bits per heavy atom. The van der Waals surface area contributed by atoms with Crippen LogP contribution in [0.1, 0.15) is 20.7 Å². The maximum absolute atomic E-state index is 13.7. The predicted molar refractivity (Wildman–Crippen MR) is 99.5 cm³/mol. The zero-order chi connectivity index (χ0) is 20.1. The molecule has 0 atom stereocenters. The fraction of sp³-hybridized carbons (Fsp3) is 0.0500. The lowest BCUT2D eigenvalue weighted by molar-refractivity contribution is 0.102. The second-order valence-electron chi connectivity index (χ2n) is 5.67. The number of nitrogens with zero attached hydrogens (tertiary/aromatic N) is 1. The number of ether oxygens (including phenoxy) is 1. The van der Waals surface area contributed by atoms with Gasteiger partial charge in [-0.15, -0.1) is 0 Å². The van der Waals surface area contributed by atoms with Gasteiger partial charge in [-0.1, -0.05) is 18.2 Å². The Morgan fingerprint density at radius 1 is 0.893 bits per heavy atom. The van der Waals surface area contributed by atoms with E-state index < -0.39 is 29.1 Å². The molecule has 0 saturated heterocycles. The molecule has 0 spiro atoms. The molecule has 1 aromatic heterocycles. The summed E-state index contributed by atoms with van der Waals surface area (Å²) in [6.45, 7) is 0. The fourth-order valence-corrected chi connectivity index (χ4v) is 2.43. The summed E-state index contributed by atoms with van der Waals surface area (Å²) in [5.41, 5.74) is -0.0717. The van der Waals surface area contributed by atoms with Crippen LogP contribution in [-0.4, -0.2) is 23.9 Å². The number of nitrogens with one attached hydrogen (secondary N) is 2. The van der Waals surface area contributed by atoms with Crippen molar-refractivity contribution in [1.29, 1.82) is 0 Å². The van der Waals surface area contributed by atoms with Crippen molar-refractivity contribution < 1.29 is 23.1 Å². The maximum atomic E-state index is 13.7. The van der Waals surface area contributed by atoms with Crippen LogP contribution in [0.5, 0.6) is 5.75 Å². The maximum Gasteiger partial charge on any atom is 0.257 e. The van der Waals surface area contributed by atoms with Gasteiger partial charge in [0.05, 0.1) is 23.9 Å². The van der Waals surface area contributed by atoms with Crippen LogP contribution in [0, 0.1) is 11.6 Å². The van der Waals surface area contributed by atoms with E-state index in [1.165, 1.54) is 31.6 Å². The van der Waals surface area contributed by atoms with E-state index in [2.05, 4.69) is 15.6 Å². The number of anilines is 2. The van der Waals surface area contributed by atoms with E-state index in [-0.39, 0.29) is 11.1 Å². The van der Waals surface area contributed by atoms with Crippen LogP contribution in [0.25, 0.3) is 0 Å². The number of carbonyl (C=O) groups is 2. The first-order valence-electron chi connectivity index (χ1n) is 8.14. The van der Waals surface area contributed by atoms with Crippen LogP contribution in [-0.2, 0) is 0 Å². The smallest absolute Gasteiger partial charge is 0.257 e. The minimum absolute atomic E-state index is 0.0321. The van der Waals surface area contributed by atoms with Gasteiger partial charge in [0, 0.05) is 12.4 Å². The van der Waals surface area contributed by atoms with Crippen molar-refractivity contribution in [3.8, 4) is 5.75 Å². The molecule has 0 unspecified atom stereocenters. The average Bonchev–Trinajstić information content (AvgIpc) is 2.71. The van der Waals surface area contributed by atoms with Crippen molar-refractivity contribution in [1.82, 2.24) is 4.98 Å². The van der Waals surface area contributed by atoms with E-state index in [1.807, 2.05) is 0 Å². The first-order valence-corrected chi connectivity index (χ1v) is 8.14. The summed E-state index contributed by atoms with van der Waals surface area (Å²) in [7, 11) is 1.47. The molecule has 2 aromatic carbocycles. The minimum atomic E-state index is -0.911. The Morgan fingerprint density at radius 2 is 1.50 bits per heavy atom. The van der Waals surface area contributed by atoms with Crippen molar-refractivity contribution in [2.45, 2.75) is 0 Å². The lowest BCUT2D eigenvalue weighted by Crippen LogP contribution is -2.17. The molecule has 6 nitrogen and oxygen atoms in total. The molecule has 0 aliphatic heterocycles. The van der Waals surface area contributed by atoms with E-state index in [9.17, 15) is 18.4 Å². The molecular weight excluding hydrogens is 368 g/mol. The monoisotopic (exact) mass is 383 g/mol. The van der Waals surface area contributed by atoms with Gasteiger partial charge in [-0.2, -0.15) is 0 Å². The SMILES string of the molecule is COc1ccccc1NC(=O)c1cncc(C(=O)Nc2c(F)cccc2F)c1. The van der Waals surface area contributed by atoms with Gasteiger partial charge in [-0.05, 0) is 30.3 Å². The normalized spacial score (nSPS) is 10.2. The van der Waals surface area contributed by atoms with Crippen LogP contribution in [0.3, 0.4) is 0 Å². The van der Waals surface area contributed by atoms with Gasteiger partial charge in [-0.25, -0.2) is 8.78 Å². The van der Waals surface area contributed by atoms with Crippen molar-refractivity contribution in [2.24, 2.45) is 0 Å². The topological polar surface area (TPSA) is 80.3 Å². The molecule has 0 fully saturated rings. The summed E-state index contributed by atoms with van der Waals surface area (Å²) in [4.78, 5) is 28.6. The Balaban J connectivity index is 1.80. The molecule has 8 heteroatoms. The highest BCUT2D eigenvalue weighted by Gasteiger charge is 2.16. The molecule has 0 bridgehead atoms. The summed E-state index contributed by atoms with van der Waals surface area (Å²) in [6.07, 6.45) is 2.46. The highest BCUT2D eigenvalue weighted by atomic mass is 19.1. The molecule has 3 aromatic rings. The summed E-state index contributed by atoms with van der Waals surface area (Å²) in [5, 5.41) is 4.80. The van der Waals surface area contributed by atoms with Crippen molar-refractivity contribution in [2.75, 3.05) is 17.7 Å². The third kappa shape index (κ3) is 4.12. The molecular formula is C20H15F2N3O3. The summed E-state index contributed by atoms with van der Waals surface area (Å²) >= 11 is 0. The molecule has 0 aliphatic rings. The number of rotatable bonds is 5. The first kappa shape index (κ1) is 19.0. The molecule has 142 valence electrons. The first-order chi connectivity index (χ1) is 13.5. The Kier molecular flexibility index (Phi) is 5.59. The lowest BCUT2D eigenvalue weighted by atomic mass is 10.1. The quantitative estimate of drug-likeness (QED) is 0.701. The highest BCUT2D eigenvalue weighted by Crippen LogP contribution is 2.24. The summed E-state index contributed by atoms with van der Waals surface area (Å²) in [6, 6.07) is 11.3. The molecule has 2 amide bonds. The van der Waals surface area contributed by atoms with E-state index in [0.717, 1.165) is 12.1 Å². The van der Waals surface area contributed by atoms with Crippen molar-refractivity contribution in [3.63, 3.8) is 0 Å². The van der Waals surface area contributed by atoms with Crippen LogP contribution in [0.2, 0.25) is 0 Å². The highest BCUT2D eigenvalue weighted by molar-refractivity contribution is 6.08. The molecule has 0 radical (unpaired) electrons. The van der Waals surface area contributed by atoms with Gasteiger partial charge in [0.1, 0.15) is 23.1 Å². The summed E-state index contributed by atoms with van der Waals surface area (Å²) in [5.74, 6) is -2.68. The number of amides is 2. The van der Waals surface area contributed by atoms with Gasteiger partial charge < -0.3 is 15.4 Å². The number of para-hydroxylation sites is 3. The zero-order valence-electron chi connectivity index (χ0n) is 14.7. The zero-order valence-corrected chi connectivity index (χ0v) is 14.7. The van der Waals surface area contributed by atoms with Gasteiger partial charge in [0.25, 0.3) is 11.8 Å². The summed E-state index contributed by atoms with van der Waals surface area (Å²) < 4.78 is 32.6. The van der Waals surface area contributed by atoms with E-state index in [4.69, 9.17) is 4.74 Å². The second-order valence-corrected chi connectivity index (χ2v) is 5.67. The van der Waals surface area contributed by atoms with Gasteiger partial charge in [-0.3, -0.25) is 14.6 Å². The van der Waals surface area contributed by atoms with Crippen molar-refractivity contribution in [3.05, 3.63) is 83.7 Å². The third-order valence-electron chi connectivity index (χ3n) is 3.82. The Labute approximate surface area is 159 Å². The molecule has 0 aliphatic carbocycles. The van der Waals surface area contributed by atoms with Gasteiger partial charge >= 0.3 is 0 Å². The lowest BCUT2D eigenvalue weighted by Gasteiger charge is -2.11. The Hall–Kier alpha value is -3.81. The fourth-order valence-electron chi connectivity index (χ4n) is 2.43. The number of halogens is 2. The third-order valence-corrected chi connectivity index (χ3v) is 3.82. The standard InChI is InChI=1S/C20H15F2N3O3/c1-28-17-8-3-2-7-16(17)24-19(26)12-9-13(11-23-10-12)20(27)25-18-14(21)5-4-6-15(18)22/h2-11H,1H3,(H,24,26)(H,25,27). The van der Waals surface area contributed by atoms with Crippen LogP contribution >= 0.6 is 0 Å². The van der Waals surface area contributed by atoms with E-state index >= 15 is 0 Å². The average molecular weight is 383 g/mol. The number of benzene rings is 2. The number of carbonyl (C=O) groups excluding carboxylic acids is 2. The molecule has 0 saturated carbocycles. The van der Waals surface area contributed by atoms with Crippen molar-refractivity contribution >= 4 is 23.2 Å². The molecule has 1 heterocycles. The number of pyridine rings is 1. The predicted octanol–water partition coefficient (Wildman–Crippen LogP) is 3.87. The van der Waals surface area contributed by atoms with Crippen LogP contribution < -0.4 is 15.4 Å². The Bertz CT molecular complexity index is 1020. The number of hydrogen-bond acceptors (Lipinski definition) is 4. The number of methoxy groups -OCH3 is 1.